The number of para-hydroxylation sites is 2. The van der Waals surface area contributed by atoms with E-state index in [1.807, 2.05) is 36.4 Å². The van der Waals surface area contributed by atoms with Gasteiger partial charge in [-0.05, 0) is 24.3 Å². The molecule has 0 fully saturated rings. The Morgan fingerprint density at radius 2 is 0.865 bits per heavy atom. The normalized spacial score (nSPS) is 10.2. The fraction of sp³-hybridized carbons (Fsp3) is 0.0625. The summed E-state index contributed by atoms with van der Waals surface area (Å²) in [5.74, 6) is 0.478. The number of hydrogen-bond donors (Lipinski definition) is 2. The van der Waals surface area contributed by atoms with Gasteiger partial charge in [0, 0.05) is 23.2 Å². The molecule has 6 aromatic rings. The Balaban J connectivity index is 0.000000132. The van der Waals surface area contributed by atoms with Crippen LogP contribution in [0.4, 0.5) is 0 Å². The third kappa shape index (κ3) is 8.05. The van der Waals surface area contributed by atoms with Crippen LogP contribution in [0.1, 0.15) is 11.1 Å². The number of phenolic OH excluding ortho intramolecular Hbond substituents is 2. The summed E-state index contributed by atoms with van der Waals surface area (Å²) >= 11 is -0.258. The summed E-state index contributed by atoms with van der Waals surface area (Å²) in [5.41, 5.74) is 4.35. The summed E-state index contributed by atoms with van der Waals surface area (Å²) in [4.78, 5) is 8.06. The molecule has 2 N–H and O–H groups in total. The molecular weight excluding hydrogens is 563 g/mol. The number of hydrogen-bond acceptors (Lipinski definition) is 4. The number of phenols is 2. The molecule has 0 amide bonds. The molecular formula is C32H28N2O2Sn. The first kappa shape index (κ1) is 26.2. The summed E-state index contributed by atoms with van der Waals surface area (Å²) in [5, 5.41) is 20.5. The van der Waals surface area contributed by atoms with Crippen molar-refractivity contribution in [2.45, 2.75) is 8.87 Å². The molecule has 0 unspecified atom stereocenters. The van der Waals surface area contributed by atoms with E-state index in [-0.39, 0.29) is 32.6 Å². The van der Waals surface area contributed by atoms with Gasteiger partial charge < -0.3 is 10.2 Å². The van der Waals surface area contributed by atoms with Crippen LogP contribution >= 0.6 is 0 Å². The second kappa shape index (κ2) is 14.0. The third-order valence-corrected chi connectivity index (χ3v) is 9.32. The van der Waals surface area contributed by atoms with Gasteiger partial charge in [-0.1, -0.05) is 36.4 Å². The molecule has 4 nitrogen and oxygen atoms in total. The van der Waals surface area contributed by atoms with Crippen LogP contribution < -0.4 is 0 Å². The Morgan fingerprint density at radius 1 is 0.459 bits per heavy atom. The molecule has 2 heterocycles. The molecule has 5 heteroatoms. The topological polar surface area (TPSA) is 66.2 Å². The third-order valence-electron chi connectivity index (χ3n) is 5.57. The van der Waals surface area contributed by atoms with E-state index in [9.17, 15) is 10.2 Å². The number of pyridine rings is 2. The number of benzene rings is 4. The molecule has 2 aromatic heterocycles. The van der Waals surface area contributed by atoms with Crippen LogP contribution in [0.2, 0.25) is 0 Å². The van der Waals surface area contributed by atoms with Crippen molar-refractivity contribution in [2.24, 2.45) is 0 Å². The van der Waals surface area contributed by atoms with Gasteiger partial charge in [0.05, 0.1) is 0 Å². The molecule has 0 aliphatic rings. The van der Waals surface area contributed by atoms with E-state index >= 15 is 0 Å². The Kier molecular flexibility index (Phi) is 9.90. The molecule has 0 saturated heterocycles. The van der Waals surface area contributed by atoms with Gasteiger partial charge in [0.25, 0.3) is 0 Å². The molecule has 37 heavy (non-hydrogen) atoms. The number of nitrogens with zero attached hydrogens (tertiary/aromatic N) is 2. The van der Waals surface area contributed by atoms with Gasteiger partial charge in [0.15, 0.2) is 0 Å². The fourth-order valence-electron chi connectivity index (χ4n) is 3.72. The van der Waals surface area contributed by atoms with Crippen LogP contribution in [0.25, 0.3) is 21.8 Å². The average Bonchev–Trinajstić information content (AvgIpc) is 2.96. The zero-order valence-corrected chi connectivity index (χ0v) is 23.3. The minimum absolute atomic E-state index is 0.239. The van der Waals surface area contributed by atoms with Crippen molar-refractivity contribution in [3.8, 4) is 11.5 Å². The van der Waals surface area contributed by atoms with Crippen molar-refractivity contribution >= 4 is 42.9 Å². The summed E-state index contributed by atoms with van der Waals surface area (Å²) in [7, 11) is 0. The summed E-state index contributed by atoms with van der Waals surface area (Å²) < 4.78 is 2.69. The fourth-order valence-corrected chi connectivity index (χ4v) is 7.07. The van der Waals surface area contributed by atoms with Crippen LogP contribution in [0.3, 0.4) is 0 Å². The number of fused-ring (bicyclic) bond motifs is 2. The second-order valence-corrected chi connectivity index (χ2v) is 11.7. The van der Waals surface area contributed by atoms with E-state index in [0.717, 1.165) is 10.8 Å². The van der Waals surface area contributed by atoms with Crippen molar-refractivity contribution in [3.63, 3.8) is 0 Å². The summed E-state index contributed by atoms with van der Waals surface area (Å²) in [6, 6.07) is 39.9. The second-order valence-electron chi connectivity index (χ2n) is 8.28. The molecule has 182 valence electrons. The number of aromatic nitrogens is 2. The van der Waals surface area contributed by atoms with E-state index < -0.39 is 0 Å². The van der Waals surface area contributed by atoms with Crippen molar-refractivity contribution in [2.75, 3.05) is 0 Å². The molecule has 4 aromatic carbocycles. The van der Waals surface area contributed by atoms with Crippen LogP contribution in [0.15, 0.2) is 134 Å². The predicted molar refractivity (Wildman–Crippen MR) is 153 cm³/mol. The first-order valence-electron chi connectivity index (χ1n) is 12.0. The van der Waals surface area contributed by atoms with Gasteiger partial charge in [-0.15, -0.1) is 0 Å². The number of rotatable bonds is 4. The zero-order chi connectivity index (χ0) is 25.7. The molecule has 6 rings (SSSR count). The maximum atomic E-state index is 9.31. The molecule has 0 saturated carbocycles. The van der Waals surface area contributed by atoms with Crippen molar-refractivity contribution < 1.29 is 10.2 Å². The predicted octanol–water partition coefficient (Wildman–Crippen LogP) is 6.97. The minimum atomic E-state index is -0.258. The molecule has 0 spiro atoms. The van der Waals surface area contributed by atoms with Crippen LogP contribution in [0, 0.1) is 0 Å². The van der Waals surface area contributed by atoms with Crippen molar-refractivity contribution in [3.05, 3.63) is 145 Å². The Bertz CT molecular complexity index is 1400. The van der Waals surface area contributed by atoms with E-state index in [4.69, 9.17) is 0 Å². The SMILES string of the molecule is Oc1cccc2cccnc12.Oc1cccc2cccnc12.c1ccc([CH2][Sn][CH2]c2ccccc2)cc1. The molecule has 0 atom stereocenters. The van der Waals surface area contributed by atoms with Crippen molar-refractivity contribution in [1.82, 2.24) is 9.97 Å². The van der Waals surface area contributed by atoms with Crippen molar-refractivity contribution in [1.29, 1.82) is 0 Å². The Morgan fingerprint density at radius 3 is 1.27 bits per heavy atom. The number of aromatic hydroxyl groups is 2. The van der Waals surface area contributed by atoms with Gasteiger partial charge >= 0.3 is 102 Å². The van der Waals surface area contributed by atoms with Gasteiger partial charge in [0.1, 0.15) is 22.5 Å². The average molecular weight is 591 g/mol. The zero-order valence-electron chi connectivity index (χ0n) is 20.4. The summed E-state index contributed by atoms with van der Waals surface area (Å²) in [6.45, 7) is 0. The van der Waals surface area contributed by atoms with Crippen LogP contribution in [-0.4, -0.2) is 41.3 Å². The van der Waals surface area contributed by atoms with E-state index in [1.54, 1.807) is 36.7 Å². The molecule has 0 aliphatic carbocycles. The van der Waals surface area contributed by atoms with Gasteiger partial charge in [-0.25, -0.2) is 0 Å². The van der Waals surface area contributed by atoms with Gasteiger partial charge in [-0.2, -0.15) is 0 Å². The Hall–Kier alpha value is -3.90. The quantitative estimate of drug-likeness (QED) is 0.218. The van der Waals surface area contributed by atoms with Gasteiger partial charge in [0.2, 0.25) is 0 Å². The van der Waals surface area contributed by atoms with E-state index in [0.29, 0.717) is 11.0 Å². The van der Waals surface area contributed by atoms with Crippen LogP contribution in [-0.2, 0) is 8.87 Å². The molecule has 2 radical (unpaired) electrons. The monoisotopic (exact) mass is 592 g/mol. The standard InChI is InChI=1S/2C9H7NO.2C7H7.Sn/c2*11-8-5-1-3-7-4-2-6-10-9(7)8;2*1-7-5-3-2-4-6-7;/h2*1-6,11H;2*2-6H,1H2;. The molecule has 0 bridgehead atoms. The summed E-state index contributed by atoms with van der Waals surface area (Å²) in [6.07, 6.45) is 3.34. The van der Waals surface area contributed by atoms with Crippen LogP contribution in [0.5, 0.6) is 11.5 Å². The van der Waals surface area contributed by atoms with Gasteiger partial charge in [-0.3, -0.25) is 9.97 Å². The first-order valence-corrected chi connectivity index (χ1v) is 16.1. The maximum absolute atomic E-state index is 9.31. The van der Waals surface area contributed by atoms with E-state index in [1.165, 1.54) is 20.0 Å². The van der Waals surface area contributed by atoms with E-state index in [2.05, 4.69) is 70.6 Å². The molecule has 0 aliphatic heterocycles. The Labute approximate surface area is 227 Å². The first-order chi connectivity index (χ1) is 18.2.